The van der Waals surface area contributed by atoms with E-state index in [2.05, 4.69) is 14.7 Å². The summed E-state index contributed by atoms with van der Waals surface area (Å²) < 4.78 is 4.54. The lowest BCUT2D eigenvalue weighted by atomic mass is 10.1. The smallest absolute Gasteiger partial charge is 0.201 e. The second kappa shape index (κ2) is 6.89. The van der Waals surface area contributed by atoms with E-state index < -0.39 is 31.2 Å². The molecule has 0 unspecified atom stereocenters. The average molecular weight is 337 g/mol. The van der Waals surface area contributed by atoms with Crippen molar-refractivity contribution in [3.05, 3.63) is 28.5 Å². The van der Waals surface area contributed by atoms with Gasteiger partial charge in [0.05, 0.1) is 17.1 Å². The monoisotopic (exact) mass is 336 g/mol. The fourth-order valence-corrected chi connectivity index (χ4v) is 2.25. The fraction of sp³-hybridized carbons (Fsp3) is 0.417. The van der Waals surface area contributed by atoms with Crippen LogP contribution >= 0.6 is 23.2 Å². The first-order valence-corrected chi connectivity index (χ1v) is 6.80. The highest BCUT2D eigenvalue weighted by Gasteiger charge is 2.41. The number of nitrogens with one attached hydrogen (secondary N) is 1. The molecule has 21 heavy (non-hydrogen) atoms. The van der Waals surface area contributed by atoms with E-state index in [1.165, 1.54) is 0 Å². The van der Waals surface area contributed by atoms with E-state index >= 15 is 0 Å². The average Bonchev–Trinajstić information content (AvgIpc) is 2.95. The van der Waals surface area contributed by atoms with Gasteiger partial charge in [-0.3, -0.25) is 0 Å². The van der Waals surface area contributed by atoms with Crippen molar-refractivity contribution < 1.29 is 25.2 Å². The number of benzene rings is 1. The zero-order valence-corrected chi connectivity index (χ0v) is 12.2. The van der Waals surface area contributed by atoms with E-state index in [1.807, 2.05) is 12.1 Å². The zero-order valence-electron chi connectivity index (χ0n) is 10.6. The van der Waals surface area contributed by atoms with Crippen LogP contribution in [0.3, 0.4) is 0 Å². The number of ether oxygens (including phenoxy) is 1. The largest absolute Gasteiger partial charge is 0.394 e. The van der Waals surface area contributed by atoms with Crippen molar-refractivity contribution in [1.29, 1.82) is 0 Å². The lowest BCUT2D eigenvalue weighted by Gasteiger charge is -2.09. The third kappa shape index (κ3) is 3.64. The van der Waals surface area contributed by atoms with Gasteiger partial charge >= 0.3 is 0 Å². The third-order valence-corrected chi connectivity index (χ3v) is 3.44. The van der Waals surface area contributed by atoms with Crippen molar-refractivity contribution in [2.45, 2.75) is 24.6 Å². The van der Waals surface area contributed by atoms with Crippen LogP contribution in [-0.4, -0.2) is 61.6 Å². The molecule has 1 aromatic heterocycles. The molecule has 0 bridgehead atoms. The molecular weight excluding hydrogens is 323 g/mol. The maximum Gasteiger partial charge on any atom is 0.201 e. The Morgan fingerprint density at radius 1 is 1.19 bits per heavy atom. The van der Waals surface area contributed by atoms with Gasteiger partial charge < -0.3 is 30.1 Å². The van der Waals surface area contributed by atoms with Crippen molar-refractivity contribution in [1.82, 2.24) is 9.97 Å². The number of hydrogen-bond donors (Lipinski definition) is 5. The summed E-state index contributed by atoms with van der Waals surface area (Å²) in [5, 5.41) is 35.9. The van der Waals surface area contributed by atoms with Crippen molar-refractivity contribution in [2.24, 2.45) is 0 Å². The predicted octanol–water partition coefficient (Wildman–Crippen LogP) is 0.287. The van der Waals surface area contributed by atoms with Gasteiger partial charge in [-0.15, -0.1) is 0 Å². The zero-order chi connectivity index (χ0) is 15.6. The third-order valence-electron chi connectivity index (χ3n) is 2.95. The highest BCUT2D eigenvalue weighted by atomic mass is 35.5. The van der Waals surface area contributed by atoms with E-state index in [1.54, 1.807) is 6.07 Å². The number of rotatable bonds is 1. The Morgan fingerprint density at radius 2 is 1.90 bits per heavy atom. The van der Waals surface area contributed by atoms with E-state index in [-0.39, 0.29) is 0 Å². The number of H-pyrrole nitrogens is 1. The Balaban J connectivity index is 0.000000155. The van der Waals surface area contributed by atoms with E-state index in [0.29, 0.717) is 10.3 Å². The lowest BCUT2D eigenvalue weighted by molar-refractivity contribution is -0.132. The Bertz CT molecular complexity index is 608. The molecule has 9 heteroatoms. The van der Waals surface area contributed by atoms with Crippen molar-refractivity contribution >= 4 is 34.2 Å². The van der Waals surface area contributed by atoms with Gasteiger partial charge in [0.15, 0.2) is 6.29 Å². The number of aliphatic hydroxyl groups excluding tert-OH is 4. The van der Waals surface area contributed by atoms with Crippen molar-refractivity contribution in [3.8, 4) is 0 Å². The molecule has 0 spiro atoms. The van der Waals surface area contributed by atoms with Crippen LogP contribution in [0.1, 0.15) is 0 Å². The van der Waals surface area contributed by atoms with Crippen LogP contribution in [0.25, 0.3) is 11.0 Å². The van der Waals surface area contributed by atoms with Gasteiger partial charge in [0, 0.05) is 0 Å². The first-order chi connectivity index (χ1) is 9.93. The molecule has 0 saturated carbocycles. The number of aliphatic hydroxyl groups is 4. The minimum atomic E-state index is -1.38. The van der Waals surface area contributed by atoms with Gasteiger partial charge in [-0.05, 0) is 23.7 Å². The highest BCUT2D eigenvalue weighted by molar-refractivity contribution is 6.35. The first-order valence-electron chi connectivity index (χ1n) is 6.04. The molecule has 1 aromatic carbocycles. The van der Waals surface area contributed by atoms with Crippen LogP contribution in [-0.2, 0) is 4.74 Å². The minimum absolute atomic E-state index is 0.369. The van der Waals surface area contributed by atoms with Crippen LogP contribution in [0.5, 0.6) is 0 Å². The fourth-order valence-electron chi connectivity index (χ4n) is 1.85. The Kier molecular flexibility index (Phi) is 5.39. The number of fused-ring (bicyclic) bond motifs is 1. The minimum Gasteiger partial charge on any atom is -0.394 e. The molecule has 3 rings (SSSR count). The van der Waals surface area contributed by atoms with E-state index in [0.717, 1.165) is 11.0 Å². The topological polar surface area (TPSA) is 119 Å². The Hall–Kier alpha value is -0.930. The van der Waals surface area contributed by atoms with Crippen molar-refractivity contribution in [2.75, 3.05) is 6.61 Å². The van der Waals surface area contributed by atoms with Gasteiger partial charge in [-0.25, -0.2) is 4.98 Å². The second-order valence-electron chi connectivity index (χ2n) is 4.39. The number of aromatic amines is 1. The quantitative estimate of drug-likeness (QED) is 0.510. The Labute approximate surface area is 129 Å². The molecule has 0 amide bonds. The number of para-hydroxylation sites is 1. The number of nitrogens with zero attached hydrogens (tertiary/aromatic N) is 1. The number of aromatic nitrogens is 2. The summed E-state index contributed by atoms with van der Waals surface area (Å²) in [7, 11) is 0. The van der Waals surface area contributed by atoms with E-state index in [4.69, 9.17) is 43.6 Å². The van der Waals surface area contributed by atoms with Crippen molar-refractivity contribution in [3.63, 3.8) is 0 Å². The van der Waals surface area contributed by atoms with Crippen LogP contribution < -0.4 is 0 Å². The normalized spacial score (nSPS) is 28.5. The molecule has 4 atom stereocenters. The second-order valence-corrected chi connectivity index (χ2v) is 5.16. The van der Waals surface area contributed by atoms with Gasteiger partial charge in [-0.1, -0.05) is 17.7 Å². The number of halogens is 2. The van der Waals surface area contributed by atoms with Crippen LogP contribution in [0.4, 0.5) is 0 Å². The Morgan fingerprint density at radius 3 is 2.38 bits per heavy atom. The van der Waals surface area contributed by atoms with Gasteiger partial charge in [0.2, 0.25) is 5.28 Å². The SMILES string of the molecule is Clc1nc2c(Cl)cccc2[nH]1.OC[C@H]1O[C@@H](O)[C@H](O)[C@@H]1O. The predicted molar refractivity (Wildman–Crippen MR) is 76.1 cm³/mol. The molecule has 0 aliphatic carbocycles. The molecule has 1 saturated heterocycles. The maximum atomic E-state index is 8.93. The summed E-state index contributed by atoms with van der Waals surface area (Å²) in [4.78, 5) is 6.86. The van der Waals surface area contributed by atoms with Crippen LogP contribution in [0.15, 0.2) is 18.2 Å². The number of imidazole rings is 1. The van der Waals surface area contributed by atoms with Gasteiger partial charge in [-0.2, -0.15) is 0 Å². The number of hydrogen-bond acceptors (Lipinski definition) is 6. The van der Waals surface area contributed by atoms with Gasteiger partial charge in [0.25, 0.3) is 0 Å². The molecule has 7 nitrogen and oxygen atoms in total. The summed E-state index contributed by atoms with van der Waals surface area (Å²) in [6.45, 7) is -0.407. The van der Waals surface area contributed by atoms with E-state index in [9.17, 15) is 0 Å². The molecule has 0 radical (unpaired) electrons. The molecule has 5 N–H and O–H groups in total. The highest BCUT2D eigenvalue weighted by Crippen LogP contribution is 2.22. The summed E-state index contributed by atoms with van der Waals surface area (Å²) >= 11 is 11.5. The maximum absolute atomic E-state index is 8.93. The summed E-state index contributed by atoms with van der Waals surface area (Å²) in [5.41, 5.74) is 1.58. The van der Waals surface area contributed by atoms with Crippen LogP contribution in [0.2, 0.25) is 10.3 Å². The first kappa shape index (κ1) is 16.4. The molecule has 1 aliphatic rings. The van der Waals surface area contributed by atoms with Gasteiger partial charge in [0.1, 0.15) is 23.8 Å². The standard InChI is InChI=1S/C7H4Cl2N2.C5H10O5/c8-4-2-1-3-5-6(4)11-7(9)10-5;6-1-2-3(7)4(8)5(9)10-2/h1-3H,(H,10,11);2-9H,1H2/t;2-,3-,4-,5-/m.1/s1. The molecule has 2 heterocycles. The molecule has 1 aliphatic heterocycles. The summed E-state index contributed by atoms with van der Waals surface area (Å²) in [5.74, 6) is 0. The molecule has 2 aromatic rings. The molecule has 1 fully saturated rings. The lowest BCUT2D eigenvalue weighted by Crippen LogP contribution is -2.33. The molecular formula is C12H14Cl2N2O5. The molecule has 116 valence electrons. The summed E-state index contributed by atoms with van der Waals surface area (Å²) in [6.07, 6.45) is -4.76. The summed E-state index contributed by atoms with van der Waals surface area (Å²) in [6, 6.07) is 5.50. The van der Waals surface area contributed by atoms with Crippen LogP contribution in [0, 0.1) is 0 Å².